The third-order valence-electron chi connectivity index (χ3n) is 15.4. The number of esters is 1. The minimum atomic E-state index is -1.97. The van der Waals surface area contributed by atoms with Gasteiger partial charge in [-0.05, 0) is 129 Å². The van der Waals surface area contributed by atoms with Crippen molar-refractivity contribution >= 4 is 17.7 Å². The van der Waals surface area contributed by atoms with E-state index >= 15 is 0 Å². The fraction of sp³-hybridized carbons (Fsp3) is 0.741. The molecule has 2 saturated heterocycles. The molecule has 0 radical (unpaired) electrons. The van der Waals surface area contributed by atoms with Crippen LogP contribution in [0.4, 0.5) is 10.5 Å². The number of benzene rings is 2. The van der Waals surface area contributed by atoms with Crippen molar-refractivity contribution in [3.05, 3.63) is 60.2 Å². The van der Waals surface area contributed by atoms with Crippen LogP contribution in [-0.2, 0) is 35.1 Å². The van der Waals surface area contributed by atoms with E-state index in [1.807, 2.05) is 75.0 Å². The number of carbonyl (C=O) groups excluding carboxylic acids is 2. The summed E-state index contributed by atoms with van der Waals surface area (Å²) in [6, 6.07) is 15.3. The number of amides is 2. The summed E-state index contributed by atoms with van der Waals surface area (Å²) in [5, 5.41) is 78.5. The molecular weight excluding hydrogens is 929 g/mol. The molecule has 0 aromatic heterocycles. The van der Waals surface area contributed by atoms with Crippen molar-refractivity contribution in [2.45, 2.75) is 198 Å². The van der Waals surface area contributed by atoms with Crippen molar-refractivity contribution < 1.29 is 68.6 Å². The van der Waals surface area contributed by atoms with Crippen molar-refractivity contribution in [2.75, 3.05) is 46.2 Å². The topological polar surface area (TPSA) is 241 Å². The average molecular weight is 1020 g/mol. The van der Waals surface area contributed by atoms with Gasteiger partial charge >= 0.3 is 12.0 Å². The summed E-state index contributed by atoms with van der Waals surface area (Å²) in [5.74, 6) is -2.09. The van der Waals surface area contributed by atoms with E-state index in [1.165, 1.54) is 27.9 Å². The Labute approximate surface area is 427 Å². The maximum absolute atomic E-state index is 14.5. The maximum atomic E-state index is 14.5. The van der Waals surface area contributed by atoms with Crippen LogP contribution in [0.2, 0.25) is 0 Å². The maximum Gasteiger partial charge on any atom is 0.319 e. The molecule has 3 aliphatic rings. The van der Waals surface area contributed by atoms with Crippen molar-refractivity contribution in [3.63, 3.8) is 0 Å². The monoisotopic (exact) mass is 1020 g/mol. The molecule has 2 aliphatic heterocycles. The highest BCUT2D eigenvalue weighted by atomic mass is 16.7. The van der Waals surface area contributed by atoms with Crippen molar-refractivity contribution in [3.8, 4) is 5.75 Å². The first kappa shape index (κ1) is 59.4. The number of likely N-dealkylation sites (N-methyl/N-ethyl adjacent to an activating group) is 1. The molecule has 1 saturated carbocycles. The van der Waals surface area contributed by atoms with E-state index in [0.717, 1.165) is 5.56 Å². The fourth-order valence-corrected chi connectivity index (χ4v) is 11.1. The zero-order valence-electron chi connectivity index (χ0n) is 44.8. The SMILES string of the molecule is CC[C@H]1OC(=O)[C@H](C)[C@@H](O[C@@H]2C[C@@H](C)[C@H](O)[C@](C)(OC)C2)[C@H](O)[C@@H](O[C@@H]2O[C@H](C)C[C@H](N(C)C)[C@H]2O)[C@](C)(O)C[C@@H](C)CN(CCCNC(=O)Nc2ccc(OCc3ccccc3)cc2)[C@H](C)[C@@H](O)[C@]1(C)O. The van der Waals surface area contributed by atoms with Gasteiger partial charge in [-0.1, -0.05) is 51.1 Å². The molecule has 8 N–H and O–H groups in total. The molecule has 3 fully saturated rings. The van der Waals surface area contributed by atoms with Crippen LogP contribution in [0.5, 0.6) is 5.75 Å². The molecule has 408 valence electrons. The number of hydrogen-bond acceptors (Lipinski definition) is 16. The Bertz CT molecular complexity index is 1980. The summed E-state index contributed by atoms with van der Waals surface area (Å²) in [7, 11) is 5.19. The minimum Gasteiger partial charge on any atom is -0.489 e. The van der Waals surface area contributed by atoms with E-state index in [2.05, 4.69) is 10.6 Å². The van der Waals surface area contributed by atoms with Crippen LogP contribution in [0.3, 0.4) is 0 Å². The first-order chi connectivity index (χ1) is 33.8. The zero-order valence-corrected chi connectivity index (χ0v) is 44.8. The molecule has 2 aromatic carbocycles. The lowest BCUT2D eigenvalue weighted by Gasteiger charge is -2.48. The smallest absolute Gasteiger partial charge is 0.319 e. The molecular formula is C54H88N4O14. The number of aliphatic hydroxyl groups is 6. The van der Waals surface area contributed by atoms with E-state index in [-0.39, 0.29) is 56.3 Å². The van der Waals surface area contributed by atoms with Gasteiger partial charge in [0.2, 0.25) is 0 Å². The standard InChI is InChI=1S/C54H88N4O14/c1-13-42-54(9,66)47(62)36(6)58(25-17-24-55-51(64)56-38-20-22-39(23-21-38)68-31-37-18-15-14-16-19-37)30-32(2)28-52(7,65)48(72-50-43(59)41(57(10)11)27-34(4)69-50)44(60)45(35(5)49(63)71-42)70-40-26-33(3)46(61)53(8,29-40)67-12/h14-16,18-23,32-36,40-48,50,59-62,65-66H,13,17,24-31H2,1-12H3,(H2,55,56,64)/t32-,33-,34-,35-,36-,40-,41+,42-,43-,44+,45-,46+,47-,48-,50+,52-,53-,54-/m1/s1. The van der Waals surface area contributed by atoms with Gasteiger partial charge in [-0.25, -0.2) is 4.79 Å². The highest BCUT2D eigenvalue weighted by molar-refractivity contribution is 5.89. The van der Waals surface area contributed by atoms with E-state index in [9.17, 15) is 40.2 Å². The van der Waals surface area contributed by atoms with Crippen LogP contribution >= 0.6 is 0 Å². The van der Waals surface area contributed by atoms with Gasteiger partial charge in [0.15, 0.2) is 6.29 Å². The molecule has 2 aromatic rings. The number of urea groups is 1. The van der Waals surface area contributed by atoms with Crippen LogP contribution in [-0.4, -0.2) is 183 Å². The second-order valence-electron chi connectivity index (χ2n) is 21.9. The first-order valence-electron chi connectivity index (χ1n) is 25.9. The van der Waals surface area contributed by atoms with Gasteiger partial charge < -0.3 is 74.6 Å². The number of hydrogen-bond donors (Lipinski definition) is 8. The molecule has 0 unspecified atom stereocenters. The Morgan fingerprint density at radius 2 is 1.56 bits per heavy atom. The lowest BCUT2D eigenvalue weighted by molar-refractivity contribution is -0.309. The van der Waals surface area contributed by atoms with Gasteiger partial charge in [0, 0.05) is 50.9 Å². The minimum absolute atomic E-state index is 0.00812. The van der Waals surface area contributed by atoms with Crippen molar-refractivity contribution in [1.82, 2.24) is 15.1 Å². The molecule has 0 spiro atoms. The van der Waals surface area contributed by atoms with E-state index < -0.39 is 95.9 Å². The Balaban J connectivity index is 1.41. The normalized spacial score (nSPS) is 38.8. The molecule has 18 heteroatoms. The van der Waals surface area contributed by atoms with Crippen LogP contribution in [0.1, 0.15) is 106 Å². The van der Waals surface area contributed by atoms with Gasteiger partial charge in [0.25, 0.3) is 0 Å². The van der Waals surface area contributed by atoms with E-state index in [4.69, 9.17) is 28.4 Å². The molecule has 2 amide bonds. The van der Waals surface area contributed by atoms with E-state index in [1.54, 1.807) is 45.0 Å². The predicted octanol–water partition coefficient (Wildman–Crippen LogP) is 4.45. The second-order valence-corrected chi connectivity index (χ2v) is 21.9. The van der Waals surface area contributed by atoms with Gasteiger partial charge in [-0.3, -0.25) is 9.69 Å². The highest BCUT2D eigenvalue weighted by Crippen LogP contribution is 2.40. The lowest BCUT2D eigenvalue weighted by atomic mass is 9.75. The average Bonchev–Trinajstić information content (AvgIpc) is 3.33. The number of aliphatic hydroxyl groups excluding tert-OH is 4. The summed E-state index contributed by atoms with van der Waals surface area (Å²) < 4.78 is 37.4. The van der Waals surface area contributed by atoms with Crippen molar-refractivity contribution in [2.24, 2.45) is 17.8 Å². The van der Waals surface area contributed by atoms with Crippen LogP contribution in [0.15, 0.2) is 54.6 Å². The summed E-state index contributed by atoms with van der Waals surface area (Å²) in [5.41, 5.74) is -3.26. The number of ether oxygens (including phenoxy) is 6. The number of rotatable bonds is 15. The largest absolute Gasteiger partial charge is 0.489 e. The number of nitrogens with one attached hydrogen (secondary N) is 2. The molecule has 1 aliphatic carbocycles. The van der Waals surface area contributed by atoms with Gasteiger partial charge in [-0.2, -0.15) is 0 Å². The quantitative estimate of drug-likeness (QED) is 0.0908. The van der Waals surface area contributed by atoms with Gasteiger partial charge in [0.1, 0.15) is 48.5 Å². The third-order valence-corrected chi connectivity index (χ3v) is 15.4. The lowest BCUT2D eigenvalue weighted by Crippen LogP contribution is -2.62. The van der Waals surface area contributed by atoms with Crippen LogP contribution in [0.25, 0.3) is 0 Å². The summed E-state index contributed by atoms with van der Waals surface area (Å²) in [6.07, 6.45) is -10.1. The number of methoxy groups -OCH3 is 1. The number of cyclic esters (lactones) is 1. The Hall–Kier alpha value is -3.50. The number of carbonyl (C=O) groups is 2. The predicted molar refractivity (Wildman–Crippen MR) is 272 cm³/mol. The number of anilines is 1. The van der Waals surface area contributed by atoms with Crippen LogP contribution < -0.4 is 15.4 Å². The molecule has 72 heavy (non-hydrogen) atoms. The summed E-state index contributed by atoms with van der Waals surface area (Å²) in [4.78, 5) is 31.4. The van der Waals surface area contributed by atoms with Gasteiger partial charge in [-0.15, -0.1) is 0 Å². The zero-order chi connectivity index (χ0) is 53.3. The van der Waals surface area contributed by atoms with Gasteiger partial charge in [0.05, 0.1) is 41.5 Å². The molecule has 18 nitrogen and oxygen atoms in total. The second kappa shape index (κ2) is 25.8. The first-order valence-corrected chi connectivity index (χ1v) is 25.9. The summed E-state index contributed by atoms with van der Waals surface area (Å²) >= 11 is 0. The van der Waals surface area contributed by atoms with Crippen molar-refractivity contribution in [1.29, 1.82) is 0 Å². The van der Waals surface area contributed by atoms with E-state index in [0.29, 0.717) is 43.9 Å². The molecule has 2 heterocycles. The fourth-order valence-electron chi connectivity index (χ4n) is 11.1. The highest BCUT2D eigenvalue weighted by Gasteiger charge is 2.53. The molecule has 0 bridgehead atoms. The third kappa shape index (κ3) is 15.1. The van der Waals surface area contributed by atoms with Crippen LogP contribution in [0, 0.1) is 17.8 Å². The molecule has 18 atom stereocenters. The Morgan fingerprint density at radius 3 is 2.18 bits per heavy atom. The number of nitrogens with zero attached hydrogens (tertiary/aromatic N) is 2. The Kier molecular flexibility index (Phi) is 21.3. The summed E-state index contributed by atoms with van der Waals surface area (Å²) in [6.45, 7) is 16.7. The Morgan fingerprint density at radius 1 is 0.889 bits per heavy atom. The molecule has 5 rings (SSSR count).